The first kappa shape index (κ1) is 14.1. The van der Waals surface area contributed by atoms with Gasteiger partial charge >= 0.3 is 0 Å². The van der Waals surface area contributed by atoms with Crippen LogP contribution in [0.25, 0.3) is 34.1 Å². The van der Waals surface area contributed by atoms with Crippen LogP contribution in [0, 0.1) is 6.92 Å². The second-order valence-corrected chi connectivity index (χ2v) is 6.16. The topological polar surface area (TPSA) is 69.6 Å². The summed E-state index contributed by atoms with van der Waals surface area (Å²) in [5.74, 6) is 0.735. The molecule has 0 radical (unpaired) electrons. The fraction of sp³-hybridized carbons (Fsp3) is 0.125. The molecule has 0 aliphatic rings. The Morgan fingerprint density at radius 3 is 2.70 bits per heavy atom. The van der Waals surface area contributed by atoms with Crippen LogP contribution in [0.15, 0.2) is 45.4 Å². The second-order valence-electron chi connectivity index (χ2n) is 5.30. The molecule has 4 rings (SSSR count). The number of benzene rings is 1. The molecular formula is C16H12BrN5O. The van der Waals surface area contributed by atoms with Gasteiger partial charge in [-0.15, -0.1) is 10.2 Å². The SMILES string of the molecule is Cc1ccc2nc(-c3nnc(-c4nn(C)cc4Br)o3)ccc2c1. The molecule has 0 amide bonds. The van der Waals surface area contributed by atoms with E-state index in [9.17, 15) is 0 Å². The highest BCUT2D eigenvalue weighted by atomic mass is 79.9. The number of nitrogens with zero attached hydrogens (tertiary/aromatic N) is 5. The van der Waals surface area contributed by atoms with Gasteiger partial charge in [0.15, 0.2) is 5.69 Å². The van der Waals surface area contributed by atoms with Gasteiger partial charge in [-0.25, -0.2) is 4.98 Å². The second kappa shape index (κ2) is 5.27. The van der Waals surface area contributed by atoms with E-state index < -0.39 is 0 Å². The molecule has 4 aromatic rings. The van der Waals surface area contributed by atoms with Gasteiger partial charge in [0.25, 0.3) is 11.8 Å². The molecule has 3 heterocycles. The van der Waals surface area contributed by atoms with Crippen LogP contribution in [0.2, 0.25) is 0 Å². The summed E-state index contributed by atoms with van der Waals surface area (Å²) >= 11 is 3.43. The Kier molecular flexibility index (Phi) is 3.23. The normalized spacial score (nSPS) is 11.3. The highest BCUT2D eigenvalue weighted by molar-refractivity contribution is 9.10. The predicted octanol–water partition coefficient (Wildman–Crippen LogP) is 3.76. The number of pyridine rings is 1. The molecule has 1 aromatic carbocycles. The highest BCUT2D eigenvalue weighted by Gasteiger charge is 2.17. The summed E-state index contributed by atoms with van der Waals surface area (Å²) in [6.45, 7) is 2.06. The van der Waals surface area contributed by atoms with Crippen molar-refractivity contribution in [3.63, 3.8) is 0 Å². The highest BCUT2D eigenvalue weighted by Crippen LogP contribution is 2.28. The van der Waals surface area contributed by atoms with Gasteiger partial charge in [0.1, 0.15) is 5.69 Å². The molecule has 6 nitrogen and oxygen atoms in total. The number of hydrogen-bond acceptors (Lipinski definition) is 5. The molecule has 0 spiro atoms. The third kappa shape index (κ3) is 2.53. The van der Waals surface area contributed by atoms with Crippen molar-refractivity contribution in [3.8, 4) is 23.2 Å². The van der Waals surface area contributed by atoms with Crippen molar-refractivity contribution in [3.05, 3.63) is 46.6 Å². The van der Waals surface area contributed by atoms with Crippen molar-refractivity contribution in [1.29, 1.82) is 0 Å². The van der Waals surface area contributed by atoms with Crippen LogP contribution in [0.1, 0.15) is 5.56 Å². The Morgan fingerprint density at radius 1 is 1.09 bits per heavy atom. The van der Waals surface area contributed by atoms with Crippen molar-refractivity contribution in [1.82, 2.24) is 25.0 Å². The van der Waals surface area contributed by atoms with Crippen molar-refractivity contribution in [2.45, 2.75) is 6.92 Å². The van der Waals surface area contributed by atoms with E-state index in [-0.39, 0.29) is 0 Å². The minimum absolute atomic E-state index is 0.360. The molecule has 0 fully saturated rings. The van der Waals surface area contributed by atoms with Gasteiger partial charge in [-0.05, 0) is 41.1 Å². The molecule has 0 bridgehead atoms. The van der Waals surface area contributed by atoms with Gasteiger partial charge < -0.3 is 4.42 Å². The van der Waals surface area contributed by atoms with Gasteiger partial charge in [-0.3, -0.25) is 4.68 Å². The smallest absolute Gasteiger partial charge is 0.269 e. The number of rotatable bonds is 2. The Hall–Kier alpha value is -2.54. The maximum absolute atomic E-state index is 5.73. The van der Waals surface area contributed by atoms with Crippen LogP contribution in [-0.2, 0) is 7.05 Å². The molecule has 0 saturated heterocycles. The van der Waals surface area contributed by atoms with Crippen molar-refractivity contribution < 1.29 is 4.42 Å². The fourth-order valence-electron chi connectivity index (χ4n) is 2.39. The van der Waals surface area contributed by atoms with Crippen LogP contribution in [0.4, 0.5) is 0 Å². The number of hydrogen-bond donors (Lipinski definition) is 0. The van der Waals surface area contributed by atoms with Gasteiger partial charge in [0.05, 0.1) is 9.99 Å². The third-order valence-electron chi connectivity index (χ3n) is 3.48. The zero-order valence-corrected chi connectivity index (χ0v) is 14.1. The minimum Gasteiger partial charge on any atom is -0.413 e. The molecule has 114 valence electrons. The van der Waals surface area contributed by atoms with E-state index >= 15 is 0 Å². The summed E-state index contributed by atoms with van der Waals surface area (Å²) in [5.41, 5.74) is 3.36. The number of fused-ring (bicyclic) bond motifs is 1. The van der Waals surface area contributed by atoms with E-state index in [0.29, 0.717) is 23.2 Å². The van der Waals surface area contributed by atoms with Gasteiger partial charge in [0.2, 0.25) is 0 Å². The zero-order chi connectivity index (χ0) is 16.0. The maximum Gasteiger partial charge on any atom is 0.269 e. The molecule has 0 unspecified atom stereocenters. The quantitative estimate of drug-likeness (QED) is 0.538. The van der Waals surface area contributed by atoms with E-state index in [1.165, 1.54) is 5.56 Å². The van der Waals surface area contributed by atoms with E-state index in [1.807, 2.05) is 37.5 Å². The standard InChI is InChI=1S/C16H12BrN5O/c1-9-3-5-12-10(7-9)4-6-13(18-12)15-19-20-16(23-15)14-11(17)8-22(2)21-14/h3-8H,1-2H3. The van der Waals surface area contributed by atoms with Gasteiger partial charge in [-0.2, -0.15) is 5.10 Å². The van der Waals surface area contributed by atoms with Gasteiger partial charge in [0, 0.05) is 18.6 Å². The molecule has 0 aliphatic carbocycles. The van der Waals surface area contributed by atoms with Crippen LogP contribution < -0.4 is 0 Å². The maximum atomic E-state index is 5.73. The summed E-state index contributed by atoms with van der Waals surface area (Å²) in [6.07, 6.45) is 1.83. The average molecular weight is 370 g/mol. The summed E-state index contributed by atoms with van der Waals surface area (Å²) in [7, 11) is 1.83. The summed E-state index contributed by atoms with van der Waals surface area (Å²) in [4.78, 5) is 4.59. The minimum atomic E-state index is 0.360. The lowest BCUT2D eigenvalue weighted by Crippen LogP contribution is -1.87. The molecule has 0 saturated carbocycles. The summed E-state index contributed by atoms with van der Waals surface area (Å²) in [5, 5.41) is 13.5. The first-order valence-corrected chi connectivity index (χ1v) is 7.80. The van der Waals surface area contributed by atoms with E-state index in [0.717, 1.165) is 15.4 Å². The Balaban J connectivity index is 1.77. The molecule has 7 heteroatoms. The van der Waals surface area contributed by atoms with Crippen LogP contribution in [0.3, 0.4) is 0 Å². The van der Waals surface area contributed by atoms with E-state index in [1.54, 1.807) is 4.68 Å². The van der Waals surface area contributed by atoms with Crippen molar-refractivity contribution >= 4 is 26.8 Å². The van der Waals surface area contributed by atoms with Crippen molar-refractivity contribution in [2.75, 3.05) is 0 Å². The average Bonchev–Trinajstić information content (AvgIpc) is 3.13. The van der Waals surface area contributed by atoms with E-state index in [4.69, 9.17) is 4.42 Å². The first-order chi connectivity index (χ1) is 11.1. The van der Waals surface area contributed by atoms with Crippen LogP contribution in [0.5, 0.6) is 0 Å². The van der Waals surface area contributed by atoms with Crippen LogP contribution in [-0.4, -0.2) is 25.0 Å². The van der Waals surface area contributed by atoms with Gasteiger partial charge in [-0.1, -0.05) is 17.7 Å². The lowest BCUT2D eigenvalue weighted by Gasteiger charge is -2.00. The van der Waals surface area contributed by atoms with E-state index in [2.05, 4.69) is 49.2 Å². The predicted molar refractivity (Wildman–Crippen MR) is 89.7 cm³/mol. The molecule has 23 heavy (non-hydrogen) atoms. The molecule has 0 atom stereocenters. The fourth-order valence-corrected chi connectivity index (χ4v) is 2.94. The zero-order valence-electron chi connectivity index (χ0n) is 12.5. The Bertz CT molecular complexity index is 1020. The van der Waals surface area contributed by atoms with Crippen LogP contribution >= 0.6 is 15.9 Å². The number of aryl methyl sites for hydroxylation is 2. The Labute approximate surface area is 140 Å². The monoisotopic (exact) mass is 369 g/mol. The third-order valence-corrected chi connectivity index (χ3v) is 4.06. The molecular weight excluding hydrogens is 358 g/mol. The molecule has 3 aromatic heterocycles. The lowest BCUT2D eigenvalue weighted by molar-refractivity contribution is 0.577. The number of aromatic nitrogens is 5. The van der Waals surface area contributed by atoms with Crippen molar-refractivity contribution in [2.24, 2.45) is 7.05 Å². The Morgan fingerprint density at radius 2 is 1.91 bits per heavy atom. The largest absolute Gasteiger partial charge is 0.413 e. The molecule has 0 aliphatic heterocycles. The number of halogens is 1. The first-order valence-electron chi connectivity index (χ1n) is 7.01. The lowest BCUT2D eigenvalue weighted by atomic mass is 10.1. The summed E-state index contributed by atoms with van der Waals surface area (Å²) in [6, 6.07) is 10.00. The molecule has 0 N–H and O–H groups in total. The summed E-state index contributed by atoms with van der Waals surface area (Å²) < 4.78 is 8.22.